The van der Waals surface area contributed by atoms with Crippen molar-refractivity contribution in [2.45, 2.75) is 0 Å². The molecule has 0 radical (unpaired) electrons. The molecule has 0 fully saturated rings. The molecular weight excluding hydrogens is 338 g/mol. The molecule has 0 saturated carbocycles. The lowest BCUT2D eigenvalue weighted by atomic mass is 10.1. The number of hydrogen-bond donors (Lipinski definition) is 1. The van der Waals surface area contributed by atoms with Crippen molar-refractivity contribution >= 4 is 23.1 Å². The minimum absolute atomic E-state index is 0.249. The first-order chi connectivity index (χ1) is 12.6. The van der Waals surface area contributed by atoms with Crippen LogP contribution in [0.1, 0.15) is 0 Å². The first-order valence-electron chi connectivity index (χ1n) is 7.69. The predicted molar refractivity (Wildman–Crippen MR) is 97.3 cm³/mol. The second-order valence-electron chi connectivity index (χ2n) is 5.35. The van der Waals surface area contributed by atoms with E-state index in [0.29, 0.717) is 51.6 Å². The van der Waals surface area contributed by atoms with Crippen molar-refractivity contribution in [3.8, 4) is 28.6 Å². The second-order valence-corrected chi connectivity index (χ2v) is 5.35. The van der Waals surface area contributed by atoms with Gasteiger partial charge >= 0.3 is 0 Å². The predicted octanol–water partition coefficient (Wildman–Crippen LogP) is 3.05. The summed E-state index contributed by atoms with van der Waals surface area (Å²) >= 11 is 0. The lowest BCUT2D eigenvalue weighted by molar-refractivity contribution is -0.105. The molecule has 134 valence electrons. The van der Waals surface area contributed by atoms with Crippen LogP contribution in [-0.4, -0.2) is 27.7 Å². The molecule has 0 aliphatic heterocycles. The van der Waals surface area contributed by atoms with Crippen LogP contribution in [0, 0.1) is 0 Å². The fraction of sp³-hybridized carbons (Fsp3) is 0.158. The fourth-order valence-electron chi connectivity index (χ4n) is 2.69. The number of ether oxygens (including phenoxy) is 3. The molecule has 0 unspecified atom stereocenters. The Morgan fingerprint density at radius 1 is 0.962 bits per heavy atom. The van der Waals surface area contributed by atoms with Crippen molar-refractivity contribution in [3.63, 3.8) is 0 Å². The quantitative estimate of drug-likeness (QED) is 0.684. The lowest BCUT2D eigenvalue weighted by Crippen LogP contribution is -2.03. The zero-order valence-electron chi connectivity index (χ0n) is 14.5. The Labute approximate surface area is 149 Å². The number of hydrogen-bond acceptors (Lipinski definition) is 6. The van der Waals surface area contributed by atoms with Crippen LogP contribution in [0.25, 0.3) is 22.3 Å². The fourth-order valence-corrected chi connectivity index (χ4v) is 2.69. The van der Waals surface area contributed by atoms with Crippen LogP contribution in [0.15, 0.2) is 45.6 Å². The minimum atomic E-state index is -0.249. The number of amides is 1. The summed E-state index contributed by atoms with van der Waals surface area (Å²) < 4.78 is 21.6. The van der Waals surface area contributed by atoms with Crippen LogP contribution in [0.2, 0.25) is 0 Å². The minimum Gasteiger partial charge on any atom is -0.496 e. The van der Waals surface area contributed by atoms with Gasteiger partial charge in [0, 0.05) is 23.8 Å². The zero-order chi connectivity index (χ0) is 18.7. The molecule has 2 aromatic carbocycles. The Hall–Kier alpha value is -3.48. The smallest absolute Gasteiger partial charge is 0.211 e. The van der Waals surface area contributed by atoms with Gasteiger partial charge < -0.3 is 23.9 Å². The van der Waals surface area contributed by atoms with Gasteiger partial charge in [-0.05, 0) is 18.2 Å². The highest BCUT2D eigenvalue weighted by Crippen LogP contribution is 2.34. The lowest BCUT2D eigenvalue weighted by Gasteiger charge is -2.11. The largest absolute Gasteiger partial charge is 0.496 e. The van der Waals surface area contributed by atoms with Gasteiger partial charge in [-0.25, -0.2) is 0 Å². The third kappa shape index (κ3) is 3.06. The molecule has 3 aromatic rings. The Kier molecular flexibility index (Phi) is 4.79. The van der Waals surface area contributed by atoms with Crippen molar-refractivity contribution in [2.75, 3.05) is 26.6 Å². The highest BCUT2D eigenvalue weighted by atomic mass is 16.5. The molecular formula is C19H17NO6. The molecule has 0 aliphatic carbocycles. The number of rotatable bonds is 6. The van der Waals surface area contributed by atoms with Gasteiger partial charge in [-0.15, -0.1) is 0 Å². The van der Waals surface area contributed by atoms with Gasteiger partial charge in [0.2, 0.25) is 6.41 Å². The van der Waals surface area contributed by atoms with E-state index in [1.807, 2.05) is 0 Å². The van der Waals surface area contributed by atoms with Gasteiger partial charge in [-0.1, -0.05) is 0 Å². The van der Waals surface area contributed by atoms with Crippen molar-refractivity contribution < 1.29 is 23.4 Å². The van der Waals surface area contributed by atoms with Gasteiger partial charge in [0.25, 0.3) is 0 Å². The molecule has 1 amide bonds. The monoisotopic (exact) mass is 355 g/mol. The summed E-state index contributed by atoms with van der Waals surface area (Å²) in [6.45, 7) is 0. The van der Waals surface area contributed by atoms with Crippen LogP contribution in [0.5, 0.6) is 17.2 Å². The Bertz CT molecular complexity index is 1020. The van der Waals surface area contributed by atoms with Gasteiger partial charge in [0.15, 0.2) is 5.43 Å². The van der Waals surface area contributed by atoms with Crippen LogP contribution >= 0.6 is 0 Å². The summed E-state index contributed by atoms with van der Waals surface area (Å²) in [5, 5.41) is 2.89. The average Bonchev–Trinajstić information content (AvgIpc) is 2.66. The van der Waals surface area contributed by atoms with E-state index in [9.17, 15) is 9.59 Å². The van der Waals surface area contributed by atoms with E-state index in [1.54, 1.807) is 30.3 Å². The van der Waals surface area contributed by atoms with E-state index < -0.39 is 0 Å². The number of nitrogens with one attached hydrogen (secondary N) is 1. The maximum Gasteiger partial charge on any atom is 0.211 e. The maximum absolute atomic E-state index is 12.6. The molecule has 1 aromatic heterocycles. The molecule has 1 N–H and O–H groups in total. The van der Waals surface area contributed by atoms with Gasteiger partial charge in [-0.2, -0.15) is 0 Å². The number of anilines is 1. The van der Waals surface area contributed by atoms with Crippen molar-refractivity contribution in [2.24, 2.45) is 0 Å². The highest BCUT2D eigenvalue weighted by Gasteiger charge is 2.14. The number of carbonyl (C=O) groups is 1. The molecule has 0 spiro atoms. The normalized spacial score (nSPS) is 10.4. The van der Waals surface area contributed by atoms with E-state index in [1.165, 1.54) is 27.4 Å². The highest BCUT2D eigenvalue weighted by molar-refractivity contribution is 5.87. The van der Waals surface area contributed by atoms with Crippen molar-refractivity contribution in [3.05, 3.63) is 46.6 Å². The van der Waals surface area contributed by atoms with E-state index in [4.69, 9.17) is 18.6 Å². The first kappa shape index (κ1) is 17.3. The van der Waals surface area contributed by atoms with Crippen LogP contribution in [0.3, 0.4) is 0 Å². The molecule has 0 bridgehead atoms. The molecule has 7 heteroatoms. The topological polar surface area (TPSA) is 87.0 Å². The summed E-state index contributed by atoms with van der Waals surface area (Å²) in [5.41, 5.74) is 1.16. The van der Waals surface area contributed by atoms with Crippen molar-refractivity contribution in [1.29, 1.82) is 0 Å². The average molecular weight is 355 g/mol. The van der Waals surface area contributed by atoms with Crippen molar-refractivity contribution in [1.82, 2.24) is 0 Å². The zero-order valence-corrected chi connectivity index (χ0v) is 14.5. The summed E-state index contributed by atoms with van der Waals surface area (Å²) in [6.07, 6.45) is 0.550. The molecule has 7 nitrogen and oxygen atoms in total. The molecule has 1 heterocycles. The maximum atomic E-state index is 12.6. The third-order valence-corrected chi connectivity index (χ3v) is 3.92. The van der Waals surface area contributed by atoms with E-state index >= 15 is 0 Å². The van der Waals surface area contributed by atoms with Gasteiger partial charge in [-0.3, -0.25) is 9.59 Å². The number of benzene rings is 2. The Morgan fingerprint density at radius 2 is 1.73 bits per heavy atom. The standard InChI is InChI=1S/C19H17NO6/c1-23-12-7-17(25-3)19-14(22)9-16(26-18(19)8-12)11-4-5-15(24-2)13(6-11)20-10-21/h4-10H,1-3H3,(H,20,21). The first-order valence-corrected chi connectivity index (χ1v) is 7.69. The second kappa shape index (κ2) is 7.18. The number of methoxy groups -OCH3 is 3. The van der Waals surface area contributed by atoms with Crippen LogP contribution in [-0.2, 0) is 4.79 Å². The summed E-state index contributed by atoms with van der Waals surface area (Å²) in [7, 11) is 4.49. The summed E-state index contributed by atoms with van der Waals surface area (Å²) in [5.74, 6) is 1.71. The summed E-state index contributed by atoms with van der Waals surface area (Å²) in [6, 6.07) is 9.70. The SMILES string of the molecule is COc1cc(OC)c2c(=O)cc(-c3ccc(OC)c(NC=O)c3)oc2c1. The molecule has 3 rings (SSSR count). The van der Waals surface area contributed by atoms with E-state index in [-0.39, 0.29) is 5.43 Å². The molecule has 0 atom stereocenters. The molecule has 26 heavy (non-hydrogen) atoms. The van der Waals surface area contributed by atoms with E-state index in [2.05, 4.69) is 5.32 Å². The Morgan fingerprint density at radius 3 is 2.38 bits per heavy atom. The van der Waals surface area contributed by atoms with E-state index in [0.717, 1.165) is 0 Å². The van der Waals surface area contributed by atoms with Crippen LogP contribution in [0.4, 0.5) is 5.69 Å². The Balaban J connectivity index is 2.22. The molecule has 0 saturated heterocycles. The number of fused-ring (bicyclic) bond motifs is 1. The van der Waals surface area contributed by atoms with Crippen LogP contribution < -0.4 is 25.0 Å². The number of carbonyl (C=O) groups excluding carboxylic acids is 1. The molecule has 0 aliphatic rings. The summed E-state index contributed by atoms with van der Waals surface area (Å²) in [4.78, 5) is 23.4. The van der Waals surface area contributed by atoms with Gasteiger partial charge in [0.1, 0.15) is 34.0 Å². The van der Waals surface area contributed by atoms with Gasteiger partial charge in [0.05, 0.1) is 27.0 Å². The third-order valence-electron chi connectivity index (χ3n) is 3.92.